The highest BCUT2D eigenvalue weighted by Crippen LogP contribution is 2.31. The number of hydrogen-bond acceptors (Lipinski definition) is 4. The van der Waals surface area contributed by atoms with E-state index in [-0.39, 0.29) is 5.91 Å². The maximum atomic E-state index is 12.6. The molecule has 3 aromatic rings. The van der Waals surface area contributed by atoms with Gasteiger partial charge in [0, 0.05) is 25.2 Å². The minimum absolute atomic E-state index is 0.0546. The molecule has 1 aliphatic heterocycles. The first-order valence-electron chi connectivity index (χ1n) is 9.94. The molecule has 1 atom stereocenters. The molecule has 4 nitrogen and oxygen atoms in total. The van der Waals surface area contributed by atoms with Gasteiger partial charge in [0.1, 0.15) is 9.88 Å². The van der Waals surface area contributed by atoms with E-state index in [0.29, 0.717) is 22.4 Å². The lowest BCUT2D eigenvalue weighted by atomic mass is 9.97. The zero-order chi connectivity index (χ0) is 20.1. The smallest absolute Gasteiger partial charge is 0.263 e. The van der Waals surface area contributed by atoms with E-state index in [1.165, 1.54) is 23.3 Å². The number of likely N-dealkylation sites (tertiary alicyclic amines) is 1. The highest BCUT2D eigenvalue weighted by molar-refractivity contribution is 7.17. The Bertz CT molecular complexity index is 960. The Morgan fingerprint density at radius 2 is 1.97 bits per heavy atom. The monoisotopic (exact) mass is 425 g/mol. The van der Waals surface area contributed by atoms with Crippen molar-refractivity contribution in [2.75, 3.05) is 19.6 Å². The number of benzene rings is 2. The Kier molecular flexibility index (Phi) is 6.60. The van der Waals surface area contributed by atoms with Crippen molar-refractivity contribution in [1.29, 1.82) is 0 Å². The summed E-state index contributed by atoms with van der Waals surface area (Å²) in [4.78, 5) is 20.1. The fourth-order valence-electron chi connectivity index (χ4n) is 3.77. The van der Waals surface area contributed by atoms with E-state index >= 15 is 0 Å². The summed E-state index contributed by atoms with van der Waals surface area (Å²) in [5, 5.41) is 4.52. The van der Waals surface area contributed by atoms with Crippen LogP contribution >= 0.6 is 22.9 Å². The van der Waals surface area contributed by atoms with Crippen LogP contribution in [0.4, 0.5) is 0 Å². The van der Waals surface area contributed by atoms with Crippen LogP contribution in [0.5, 0.6) is 0 Å². The summed E-state index contributed by atoms with van der Waals surface area (Å²) in [6, 6.07) is 18.1. The van der Waals surface area contributed by atoms with Crippen molar-refractivity contribution in [3.63, 3.8) is 0 Å². The quantitative estimate of drug-likeness (QED) is 0.597. The van der Waals surface area contributed by atoms with Gasteiger partial charge in [0.2, 0.25) is 0 Å². The van der Waals surface area contributed by atoms with Crippen molar-refractivity contribution in [3.05, 3.63) is 76.3 Å². The van der Waals surface area contributed by atoms with Crippen molar-refractivity contribution in [2.24, 2.45) is 5.92 Å². The molecule has 1 aliphatic rings. The number of hydrogen-bond donors (Lipinski definition) is 1. The lowest BCUT2D eigenvalue weighted by Gasteiger charge is -2.32. The molecule has 29 heavy (non-hydrogen) atoms. The highest BCUT2D eigenvalue weighted by atomic mass is 35.5. The molecule has 6 heteroatoms. The molecular weight excluding hydrogens is 402 g/mol. The molecule has 0 saturated carbocycles. The van der Waals surface area contributed by atoms with Crippen LogP contribution in [0.2, 0.25) is 5.02 Å². The second-order valence-corrected chi connectivity index (χ2v) is 8.89. The third-order valence-electron chi connectivity index (χ3n) is 5.24. The molecule has 0 aliphatic carbocycles. The van der Waals surface area contributed by atoms with Gasteiger partial charge in [-0.05, 0) is 36.9 Å². The lowest BCUT2D eigenvalue weighted by molar-refractivity contribution is 0.0934. The van der Waals surface area contributed by atoms with Gasteiger partial charge in [-0.2, -0.15) is 0 Å². The van der Waals surface area contributed by atoms with E-state index < -0.39 is 0 Å². The summed E-state index contributed by atoms with van der Waals surface area (Å²) >= 11 is 7.62. The zero-order valence-corrected chi connectivity index (χ0v) is 17.8. The van der Waals surface area contributed by atoms with E-state index in [1.54, 1.807) is 6.20 Å². The number of rotatable bonds is 6. The Balaban J connectivity index is 1.31. The van der Waals surface area contributed by atoms with Crippen LogP contribution < -0.4 is 5.32 Å². The average Bonchev–Trinajstić information content (AvgIpc) is 3.23. The van der Waals surface area contributed by atoms with Crippen molar-refractivity contribution >= 4 is 28.8 Å². The molecular formula is C23H24ClN3OS. The summed E-state index contributed by atoms with van der Waals surface area (Å²) in [6.45, 7) is 3.81. The van der Waals surface area contributed by atoms with Crippen molar-refractivity contribution in [3.8, 4) is 10.6 Å². The summed E-state index contributed by atoms with van der Waals surface area (Å²) in [7, 11) is 0. The maximum absolute atomic E-state index is 12.6. The van der Waals surface area contributed by atoms with Gasteiger partial charge in [-0.15, -0.1) is 11.3 Å². The lowest BCUT2D eigenvalue weighted by Crippen LogP contribution is -2.40. The van der Waals surface area contributed by atoms with E-state index in [4.69, 9.17) is 11.6 Å². The largest absolute Gasteiger partial charge is 0.351 e. The molecule has 2 aromatic carbocycles. The van der Waals surface area contributed by atoms with Crippen LogP contribution in [0, 0.1) is 5.92 Å². The second-order valence-electron chi connectivity index (χ2n) is 7.45. The normalized spacial score (nSPS) is 17.2. The van der Waals surface area contributed by atoms with Crippen molar-refractivity contribution in [1.82, 2.24) is 15.2 Å². The number of carbonyl (C=O) groups is 1. The van der Waals surface area contributed by atoms with E-state index in [1.807, 2.05) is 24.3 Å². The molecule has 1 saturated heterocycles. The predicted octanol–water partition coefficient (Wildman–Crippen LogP) is 5.11. The van der Waals surface area contributed by atoms with Crippen molar-refractivity contribution < 1.29 is 4.79 Å². The fraction of sp³-hybridized carbons (Fsp3) is 0.304. The van der Waals surface area contributed by atoms with Gasteiger partial charge < -0.3 is 5.32 Å². The van der Waals surface area contributed by atoms with Crippen LogP contribution in [0.15, 0.2) is 60.8 Å². The number of amides is 1. The van der Waals surface area contributed by atoms with Gasteiger partial charge in [-0.3, -0.25) is 9.69 Å². The molecule has 1 aromatic heterocycles. The van der Waals surface area contributed by atoms with E-state index in [0.717, 1.165) is 36.6 Å². The molecule has 0 bridgehead atoms. The Morgan fingerprint density at radius 1 is 1.17 bits per heavy atom. The third-order valence-corrected chi connectivity index (χ3v) is 6.60. The zero-order valence-electron chi connectivity index (χ0n) is 16.2. The average molecular weight is 426 g/mol. The molecule has 1 N–H and O–H groups in total. The summed E-state index contributed by atoms with van der Waals surface area (Å²) < 4.78 is 0. The first-order chi connectivity index (χ1) is 14.2. The van der Waals surface area contributed by atoms with Crippen LogP contribution in [0.3, 0.4) is 0 Å². The molecule has 1 unspecified atom stereocenters. The molecule has 0 radical (unpaired) electrons. The first kappa shape index (κ1) is 20.1. The van der Waals surface area contributed by atoms with Gasteiger partial charge in [0.05, 0.1) is 11.2 Å². The molecule has 1 amide bonds. The summed E-state index contributed by atoms with van der Waals surface area (Å²) in [6.07, 6.45) is 3.96. The molecule has 2 heterocycles. The maximum Gasteiger partial charge on any atom is 0.263 e. The van der Waals surface area contributed by atoms with E-state index in [2.05, 4.69) is 45.5 Å². The molecule has 150 valence electrons. The van der Waals surface area contributed by atoms with Crippen LogP contribution in [-0.2, 0) is 6.54 Å². The van der Waals surface area contributed by atoms with Gasteiger partial charge >= 0.3 is 0 Å². The van der Waals surface area contributed by atoms with Gasteiger partial charge in [0.25, 0.3) is 5.91 Å². The molecule has 1 fully saturated rings. The van der Waals surface area contributed by atoms with Crippen LogP contribution in [0.25, 0.3) is 10.6 Å². The Labute approximate surface area is 180 Å². The van der Waals surface area contributed by atoms with E-state index in [9.17, 15) is 4.79 Å². The Morgan fingerprint density at radius 3 is 2.79 bits per heavy atom. The minimum Gasteiger partial charge on any atom is -0.351 e. The number of nitrogens with zero attached hydrogens (tertiary/aromatic N) is 2. The molecule has 4 rings (SSSR count). The Hall–Kier alpha value is -2.21. The number of aromatic nitrogens is 1. The third kappa shape index (κ3) is 5.24. The van der Waals surface area contributed by atoms with Gasteiger partial charge in [0.15, 0.2) is 0 Å². The second kappa shape index (κ2) is 9.53. The fourth-order valence-corrected chi connectivity index (χ4v) is 4.92. The minimum atomic E-state index is -0.0546. The highest BCUT2D eigenvalue weighted by Gasteiger charge is 2.21. The summed E-state index contributed by atoms with van der Waals surface area (Å²) in [5.74, 6) is 0.424. The summed E-state index contributed by atoms with van der Waals surface area (Å²) in [5.41, 5.74) is 2.20. The van der Waals surface area contributed by atoms with Gasteiger partial charge in [-0.1, -0.05) is 60.1 Å². The van der Waals surface area contributed by atoms with Gasteiger partial charge in [-0.25, -0.2) is 4.98 Å². The topological polar surface area (TPSA) is 45.2 Å². The standard InChI is InChI=1S/C23H24ClN3OS/c24-20-11-5-4-10-19(20)23-26-14-21(29-23)22(28)25-13-18-9-6-12-27(16-18)15-17-7-2-1-3-8-17/h1-5,7-8,10-11,14,18H,6,9,12-13,15-16H2,(H,25,28). The number of nitrogens with one attached hydrogen (secondary N) is 1. The molecule has 0 spiro atoms. The number of carbonyl (C=O) groups excluding carboxylic acids is 1. The SMILES string of the molecule is O=C(NCC1CCCN(Cc2ccccc2)C1)c1cnc(-c2ccccc2Cl)s1. The van der Waals surface area contributed by atoms with Crippen LogP contribution in [-0.4, -0.2) is 35.4 Å². The number of piperidine rings is 1. The predicted molar refractivity (Wildman–Crippen MR) is 119 cm³/mol. The van der Waals surface area contributed by atoms with Crippen LogP contribution in [0.1, 0.15) is 28.1 Å². The van der Waals surface area contributed by atoms with Crippen molar-refractivity contribution in [2.45, 2.75) is 19.4 Å². The first-order valence-corrected chi connectivity index (χ1v) is 11.1. The number of halogens is 1. The number of thiazole rings is 1.